The zero-order valence-corrected chi connectivity index (χ0v) is 44.8. The van der Waals surface area contributed by atoms with Gasteiger partial charge in [-0.25, -0.2) is 19.9 Å². The Kier molecular flexibility index (Phi) is 18.9. The molecular formula is C52H69ClN16O4. The molecule has 0 amide bonds. The summed E-state index contributed by atoms with van der Waals surface area (Å²) >= 11 is 5.79. The summed E-state index contributed by atoms with van der Waals surface area (Å²) in [5, 5.41) is 9.71. The summed E-state index contributed by atoms with van der Waals surface area (Å²) in [5.74, 6) is 3.78. The summed E-state index contributed by atoms with van der Waals surface area (Å²) in [6.07, 6.45) is 6.36. The van der Waals surface area contributed by atoms with Gasteiger partial charge < -0.3 is 60.6 Å². The van der Waals surface area contributed by atoms with Crippen molar-refractivity contribution >= 4 is 86.5 Å². The standard InChI is InChI=1S/C26H34N8O2.C13H14ClN5O.C13H21N3O/c1-17-14-21(23(36-6)15-22(17)34-12-10-33(5)11-13-34)30-26-28-16-19(18(2)35)24(31-26)29-20-8-7-9-27-25(20)32(3)4;1-8(20)9-7-16-13(14)18-11(9)17-10-5-4-6-15-12(10)19(2)3;1-10-8-11(14)13(17-3)9-12(10)16-6-4-15(2)5-7-16/h7-9,14-16H,10-13H2,1-6H3,(H2,28,29,30,31);4-7H,1-3H3,(H,16,17,18);8-9H,4-7,14H2,1-3H3. The largest absolute Gasteiger partial charge is 0.495 e. The number of pyridine rings is 2. The highest BCUT2D eigenvalue weighted by Crippen LogP contribution is 2.36. The summed E-state index contributed by atoms with van der Waals surface area (Å²) in [4.78, 5) is 62.7. The van der Waals surface area contributed by atoms with Gasteiger partial charge in [0.2, 0.25) is 11.2 Å². The molecule has 5 N–H and O–H groups in total. The molecule has 0 radical (unpaired) electrons. The van der Waals surface area contributed by atoms with Crippen LogP contribution in [-0.2, 0) is 0 Å². The van der Waals surface area contributed by atoms with Crippen LogP contribution in [0.3, 0.4) is 0 Å². The van der Waals surface area contributed by atoms with Crippen LogP contribution in [-0.4, -0.2) is 160 Å². The summed E-state index contributed by atoms with van der Waals surface area (Å²) in [5.41, 5.74) is 14.4. The first-order chi connectivity index (χ1) is 34.9. The van der Waals surface area contributed by atoms with Crippen molar-refractivity contribution in [3.63, 3.8) is 0 Å². The Bertz CT molecular complexity index is 2850. The maximum Gasteiger partial charge on any atom is 0.229 e. The van der Waals surface area contributed by atoms with Gasteiger partial charge in [-0.2, -0.15) is 9.97 Å². The Balaban J connectivity index is 0.000000197. The molecule has 73 heavy (non-hydrogen) atoms. The van der Waals surface area contributed by atoms with Gasteiger partial charge in [-0.1, -0.05) is 0 Å². The summed E-state index contributed by atoms with van der Waals surface area (Å²) < 4.78 is 11.0. The lowest BCUT2D eigenvalue weighted by Gasteiger charge is -2.35. The minimum atomic E-state index is -0.139. The fraction of sp³-hybridized carbons (Fsp3) is 0.385. The highest BCUT2D eigenvalue weighted by molar-refractivity contribution is 6.28. The number of Topliss-reactive ketones (excluding diaryl/α,β-unsaturated/α-hetero) is 2. The second-order valence-corrected chi connectivity index (χ2v) is 18.5. The average molecular weight is 1020 g/mol. The van der Waals surface area contributed by atoms with E-state index in [4.69, 9.17) is 26.8 Å². The number of ether oxygens (including phenoxy) is 2. The predicted molar refractivity (Wildman–Crippen MR) is 295 cm³/mol. The molecule has 2 fully saturated rings. The Morgan fingerprint density at radius 1 is 0.616 bits per heavy atom. The molecule has 2 aliphatic rings. The molecule has 2 aliphatic heterocycles. The second kappa shape index (κ2) is 25.2. The number of rotatable bonds is 14. The van der Waals surface area contributed by atoms with E-state index >= 15 is 0 Å². The van der Waals surface area contributed by atoms with E-state index in [0.717, 1.165) is 98.1 Å². The third-order valence-electron chi connectivity index (χ3n) is 12.2. The number of nitrogens with zero attached hydrogens (tertiary/aromatic N) is 12. The number of likely N-dealkylation sites (N-methyl/N-ethyl adjacent to an activating group) is 2. The Morgan fingerprint density at radius 2 is 1.07 bits per heavy atom. The first-order valence-electron chi connectivity index (χ1n) is 23.8. The van der Waals surface area contributed by atoms with Crippen molar-refractivity contribution < 1.29 is 19.1 Å². The van der Waals surface area contributed by atoms with E-state index in [1.165, 1.54) is 37.5 Å². The molecule has 6 heterocycles. The van der Waals surface area contributed by atoms with Gasteiger partial charge in [0.15, 0.2) is 23.2 Å². The normalized spacial score (nSPS) is 13.7. The topological polar surface area (TPSA) is 211 Å². The van der Waals surface area contributed by atoms with E-state index in [9.17, 15) is 9.59 Å². The smallest absolute Gasteiger partial charge is 0.229 e. The summed E-state index contributed by atoms with van der Waals surface area (Å²) in [6, 6.07) is 15.5. The number of nitrogens with two attached hydrogens (primary N) is 1. The van der Waals surface area contributed by atoms with Gasteiger partial charge in [-0.05, 0) is 101 Å². The van der Waals surface area contributed by atoms with Gasteiger partial charge in [-0.3, -0.25) is 9.59 Å². The van der Waals surface area contributed by atoms with Crippen molar-refractivity contribution in [3.05, 3.63) is 101 Å². The molecule has 2 aromatic carbocycles. The maximum atomic E-state index is 12.3. The van der Waals surface area contributed by atoms with Gasteiger partial charge in [0, 0.05) is 129 Å². The minimum Gasteiger partial charge on any atom is -0.495 e. The van der Waals surface area contributed by atoms with Crippen LogP contribution >= 0.6 is 11.6 Å². The molecule has 4 aromatic heterocycles. The number of aryl methyl sites for hydroxylation is 2. The number of aromatic nitrogens is 6. The molecule has 0 atom stereocenters. The van der Waals surface area contributed by atoms with Crippen molar-refractivity contribution in [2.75, 3.05) is 150 Å². The highest BCUT2D eigenvalue weighted by Gasteiger charge is 2.21. The van der Waals surface area contributed by atoms with Crippen LogP contribution in [0.4, 0.5) is 63.3 Å². The van der Waals surface area contributed by atoms with E-state index in [1.807, 2.05) is 68.3 Å². The number of hydrogen-bond acceptors (Lipinski definition) is 20. The molecule has 0 spiro atoms. The van der Waals surface area contributed by atoms with E-state index in [1.54, 1.807) is 32.7 Å². The molecule has 8 rings (SSSR count). The van der Waals surface area contributed by atoms with Crippen molar-refractivity contribution in [3.8, 4) is 11.5 Å². The molecule has 0 bridgehead atoms. The van der Waals surface area contributed by atoms with Crippen molar-refractivity contribution in [1.29, 1.82) is 0 Å². The van der Waals surface area contributed by atoms with Crippen molar-refractivity contribution in [2.45, 2.75) is 27.7 Å². The van der Waals surface area contributed by atoms with Gasteiger partial charge in [0.1, 0.15) is 23.1 Å². The minimum absolute atomic E-state index is 0.0767. The number of hydrogen-bond donors (Lipinski definition) is 4. The quantitative estimate of drug-likeness (QED) is 0.0471. The van der Waals surface area contributed by atoms with Crippen LogP contribution in [0.15, 0.2) is 73.3 Å². The third kappa shape index (κ3) is 14.3. The number of ketones is 2. The molecule has 2 saturated heterocycles. The van der Waals surface area contributed by atoms with E-state index < -0.39 is 0 Å². The number of nitrogen functional groups attached to an aromatic ring is 1. The number of halogens is 1. The molecule has 21 heteroatoms. The fourth-order valence-corrected chi connectivity index (χ4v) is 8.32. The van der Waals surface area contributed by atoms with Gasteiger partial charge in [0.05, 0.1) is 48.1 Å². The predicted octanol–water partition coefficient (Wildman–Crippen LogP) is 7.57. The second-order valence-electron chi connectivity index (χ2n) is 18.2. The van der Waals surface area contributed by atoms with Gasteiger partial charge in [0.25, 0.3) is 0 Å². The Morgan fingerprint density at radius 3 is 1.53 bits per heavy atom. The highest BCUT2D eigenvalue weighted by atomic mass is 35.5. The third-order valence-corrected chi connectivity index (χ3v) is 12.4. The van der Waals surface area contributed by atoms with Crippen LogP contribution in [0.1, 0.15) is 45.7 Å². The zero-order valence-electron chi connectivity index (χ0n) is 44.0. The maximum absolute atomic E-state index is 12.3. The lowest BCUT2D eigenvalue weighted by molar-refractivity contribution is 0.100. The van der Waals surface area contributed by atoms with Gasteiger partial charge >= 0.3 is 0 Å². The molecule has 0 aliphatic carbocycles. The first kappa shape index (κ1) is 54.8. The molecule has 6 aromatic rings. The number of carbonyl (C=O) groups is 2. The monoisotopic (exact) mass is 1020 g/mol. The van der Waals surface area contributed by atoms with Crippen LogP contribution < -0.4 is 50.8 Å². The van der Waals surface area contributed by atoms with Crippen molar-refractivity contribution in [1.82, 2.24) is 39.7 Å². The number of anilines is 11. The number of nitrogens with one attached hydrogen (secondary N) is 3. The Hall–Kier alpha value is -7.55. The molecule has 0 saturated carbocycles. The van der Waals surface area contributed by atoms with E-state index in [2.05, 4.69) is 106 Å². The average Bonchev–Trinajstić information content (AvgIpc) is 3.35. The summed E-state index contributed by atoms with van der Waals surface area (Å²) in [6.45, 7) is 15.5. The lowest BCUT2D eigenvalue weighted by atomic mass is 10.1. The molecule has 388 valence electrons. The first-order valence-corrected chi connectivity index (χ1v) is 24.2. The number of piperazine rings is 2. The van der Waals surface area contributed by atoms with Crippen LogP contribution in [0.25, 0.3) is 0 Å². The van der Waals surface area contributed by atoms with E-state index in [-0.39, 0.29) is 16.9 Å². The van der Waals surface area contributed by atoms with Crippen molar-refractivity contribution in [2.24, 2.45) is 0 Å². The number of benzene rings is 2. The van der Waals surface area contributed by atoms with E-state index in [0.29, 0.717) is 40.1 Å². The zero-order chi connectivity index (χ0) is 52.9. The summed E-state index contributed by atoms with van der Waals surface area (Å²) in [7, 11) is 15.2. The Labute approximate surface area is 433 Å². The van der Waals surface area contributed by atoms with Crippen LogP contribution in [0, 0.1) is 13.8 Å². The molecule has 20 nitrogen and oxygen atoms in total. The molecular weight excluding hydrogens is 948 g/mol. The molecule has 0 unspecified atom stereocenters. The lowest BCUT2D eigenvalue weighted by Crippen LogP contribution is -2.44. The van der Waals surface area contributed by atoms with Crippen LogP contribution in [0.2, 0.25) is 5.28 Å². The number of methoxy groups -OCH3 is 2. The van der Waals surface area contributed by atoms with Gasteiger partial charge in [-0.15, -0.1) is 0 Å². The van der Waals surface area contributed by atoms with Crippen LogP contribution in [0.5, 0.6) is 11.5 Å². The fourth-order valence-electron chi connectivity index (χ4n) is 8.18. The SMILES string of the molecule is CC(=O)c1cnc(Cl)nc1Nc1cccnc1N(C)C.COc1cc(N2CCN(C)CC2)c(C)cc1N.COc1cc(N2CCN(C)CC2)c(C)cc1Nc1ncc(C(C)=O)c(Nc2cccnc2N(C)C)n1. The number of carbonyl (C=O) groups excluding carboxylic acids is 2.